The van der Waals surface area contributed by atoms with E-state index in [1.165, 1.54) is 13.0 Å². The molecule has 0 bridgehead atoms. The number of nitro groups is 1. The number of Topliss-reactive ketones (excluding diaryl/α,β-unsaturated/α-hetero) is 1. The van der Waals surface area contributed by atoms with Gasteiger partial charge in [0.15, 0.2) is 5.78 Å². The number of ether oxygens (including phenoxy) is 1. The molecule has 0 radical (unpaired) electrons. The van der Waals surface area contributed by atoms with Crippen molar-refractivity contribution in [2.75, 3.05) is 6.61 Å². The lowest BCUT2D eigenvalue weighted by Gasteiger charge is -2.02. The lowest BCUT2D eigenvalue weighted by atomic mass is 10.3. The smallest absolute Gasteiger partial charge is 0.323 e. The van der Waals surface area contributed by atoms with E-state index in [1.54, 1.807) is 6.20 Å². The van der Waals surface area contributed by atoms with Crippen LogP contribution in [0.1, 0.15) is 22.3 Å². The molecule has 6 nitrogen and oxygen atoms in total. The van der Waals surface area contributed by atoms with Crippen LogP contribution in [0, 0.1) is 10.1 Å². The van der Waals surface area contributed by atoms with Crippen molar-refractivity contribution in [2.24, 2.45) is 0 Å². The molecular weight excluding hydrogens is 280 g/mol. The zero-order chi connectivity index (χ0) is 14.5. The number of carbonyl (C=O) groups excluding carboxylic acids is 1. The molecule has 0 atom stereocenters. The molecule has 0 aliphatic rings. The van der Waals surface area contributed by atoms with Gasteiger partial charge in [0, 0.05) is 24.4 Å². The first-order chi connectivity index (χ1) is 9.58. The maximum absolute atomic E-state index is 11.3. The highest BCUT2D eigenvalue weighted by atomic mass is 32.1. The highest BCUT2D eigenvalue weighted by Crippen LogP contribution is 2.37. The summed E-state index contributed by atoms with van der Waals surface area (Å²) >= 11 is 0.997. The molecule has 0 fully saturated rings. The van der Waals surface area contributed by atoms with Gasteiger partial charge in [-0.15, -0.1) is 0 Å². The number of pyridine rings is 1. The van der Waals surface area contributed by atoms with Gasteiger partial charge in [0.25, 0.3) is 5.06 Å². The van der Waals surface area contributed by atoms with Gasteiger partial charge in [-0.05, 0) is 19.1 Å². The van der Waals surface area contributed by atoms with Crippen LogP contribution in [-0.2, 0) is 6.42 Å². The van der Waals surface area contributed by atoms with Crippen LogP contribution in [0.4, 0.5) is 5.69 Å². The second-order valence-electron chi connectivity index (χ2n) is 4.02. The molecule has 2 aromatic heterocycles. The summed E-state index contributed by atoms with van der Waals surface area (Å²) in [5.74, 6) is -0.210. The molecule has 0 amide bonds. The average molecular weight is 292 g/mol. The largest absolute Gasteiger partial charge is 0.479 e. The van der Waals surface area contributed by atoms with Crippen molar-refractivity contribution in [3.8, 4) is 5.06 Å². The summed E-state index contributed by atoms with van der Waals surface area (Å²) in [6, 6.07) is 6.79. The molecule has 2 aromatic rings. The second-order valence-corrected chi connectivity index (χ2v) is 5.03. The van der Waals surface area contributed by atoms with Crippen molar-refractivity contribution in [3.05, 3.63) is 51.1 Å². The topological polar surface area (TPSA) is 82.3 Å². The van der Waals surface area contributed by atoms with Crippen LogP contribution in [0.25, 0.3) is 0 Å². The van der Waals surface area contributed by atoms with Crippen LogP contribution in [0.2, 0.25) is 0 Å². The molecule has 20 heavy (non-hydrogen) atoms. The van der Waals surface area contributed by atoms with E-state index in [9.17, 15) is 14.9 Å². The van der Waals surface area contributed by atoms with Crippen LogP contribution in [0.15, 0.2) is 30.5 Å². The molecule has 0 aliphatic carbocycles. The van der Waals surface area contributed by atoms with Gasteiger partial charge in [0.05, 0.1) is 16.4 Å². The third kappa shape index (κ3) is 3.39. The lowest BCUT2D eigenvalue weighted by Crippen LogP contribution is -2.02. The van der Waals surface area contributed by atoms with Gasteiger partial charge in [-0.1, -0.05) is 17.4 Å². The molecule has 0 saturated carbocycles. The Bertz CT molecular complexity index is 625. The minimum absolute atomic E-state index is 0.163. The van der Waals surface area contributed by atoms with E-state index in [1.807, 2.05) is 18.2 Å². The first kappa shape index (κ1) is 14.1. The van der Waals surface area contributed by atoms with Crippen molar-refractivity contribution >= 4 is 22.8 Å². The number of aromatic nitrogens is 1. The molecule has 0 unspecified atom stereocenters. The number of carbonyl (C=O) groups is 1. The highest BCUT2D eigenvalue weighted by Gasteiger charge is 2.22. The van der Waals surface area contributed by atoms with E-state index < -0.39 is 4.92 Å². The van der Waals surface area contributed by atoms with Crippen LogP contribution in [0.3, 0.4) is 0 Å². The average Bonchev–Trinajstić information content (AvgIpc) is 2.84. The lowest BCUT2D eigenvalue weighted by molar-refractivity contribution is -0.385. The fourth-order valence-electron chi connectivity index (χ4n) is 1.56. The van der Waals surface area contributed by atoms with Crippen molar-refractivity contribution in [3.63, 3.8) is 0 Å². The van der Waals surface area contributed by atoms with E-state index in [2.05, 4.69) is 4.98 Å². The Morgan fingerprint density at radius 2 is 2.30 bits per heavy atom. The summed E-state index contributed by atoms with van der Waals surface area (Å²) < 4.78 is 5.42. The molecule has 2 rings (SSSR count). The molecule has 0 saturated heterocycles. The van der Waals surface area contributed by atoms with Gasteiger partial charge < -0.3 is 4.74 Å². The minimum Gasteiger partial charge on any atom is -0.479 e. The summed E-state index contributed by atoms with van der Waals surface area (Å²) in [7, 11) is 0. The molecule has 0 spiro atoms. The standard InChI is InChI=1S/C13H12N2O4S/c1-9(16)12-8-11(15(17)18)13(20-12)19-7-5-10-4-2-3-6-14-10/h2-4,6,8H,5,7H2,1H3. The van der Waals surface area contributed by atoms with Crippen molar-refractivity contribution in [2.45, 2.75) is 13.3 Å². The zero-order valence-corrected chi connectivity index (χ0v) is 11.6. The molecule has 7 heteroatoms. The SMILES string of the molecule is CC(=O)c1cc([N+](=O)[O-])c(OCCc2ccccn2)s1. The molecular formula is C13H12N2O4S. The van der Waals surface area contributed by atoms with Gasteiger partial charge in [-0.2, -0.15) is 0 Å². The van der Waals surface area contributed by atoms with Gasteiger partial charge in [-0.3, -0.25) is 19.9 Å². The number of ketones is 1. The monoisotopic (exact) mass is 292 g/mol. The number of thiophene rings is 1. The first-order valence-corrected chi connectivity index (χ1v) is 6.71. The van der Waals surface area contributed by atoms with Gasteiger partial charge >= 0.3 is 5.69 Å². The van der Waals surface area contributed by atoms with Crippen molar-refractivity contribution < 1.29 is 14.5 Å². The van der Waals surface area contributed by atoms with E-state index in [0.717, 1.165) is 17.0 Å². The number of nitrogens with zero attached hydrogens (tertiary/aromatic N) is 2. The van der Waals surface area contributed by atoms with Crippen LogP contribution in [0.5, 0.6) is 5.06 Å². The maximum Gasteiger partial charge on any atom is 0.323 e. The quantitative estimate of drug-likeness (QED) is 0.464. The van der Waals surface area contributed by atoms with Crippen molar-refractivity contribution in [1.82, 2.24) is 4.98 Å². The van der Waals surface area contributed by atoms with E-state index >= 15 is 0 Å². The normalized spacial score (nSPS) is 10.2. The summed E-state index contributed by atoms with van der Waals surface area (Å²) in [5, 5.41) is 11.1. The van der Waals surface area contributed by atoms with Gasteiger partial charge in [0.2, 0.25) is 0 Å². The Balaban J connectivity index is 2.05. The molecule has 0 aromatic carbocycles. The maximum atomic E-state index is 11.3. The van der Waals surface area contributed by atoms with Crippen LogP contribution >= 0.6 is 11.3 Å². The summed E-state index contributed by atoms with van der Waals surface area (Å²) in [6.07, 6.45) is 2.22. The van der Waals surface area contributed by atoms with Crippen molar-refractivity contribution in [1.29, 1.82) is 0 Å². The third-order valence-electron chi connectivity index (χ3n) is 2.54. The summed E-state index contributed by atoms with van der Waals surface area (Å²) in [4.78, 5) is 26.1. The number of hydrogen-bond acceptors (Lipinski definition) is 6. The minimum atomic E-state index is -0.543. The van der Waals surface area contributed by atoms with Crippen LogP contribution < -0.4 is 4.74 Å². The number of hydrogen-bond donors (Lipinski definition) is 0. The Kier molecular flexibility index (Phi) is 4.41. The second kappa shape index (κ2) is 6.25. The van der Waals surface area contributed by atoms with Gasteiger partial charge in [-0.25, -0.2) is 0 Å². The van der Waals surface area contributed by atoms with E-state index in [0.29, 0.717) is 11.3 Å². The van der Waals surface area contributed by atoms with Gasteiger partial charge in [0.1, 0.15) is 0 Å². The molecule has 0 N–H and O–H groups in total. The summed E-state index contributed by atoms with van der Waals surface area (Å²) in [6.45, 7) is 1.64. The fraction of sp³-hybridized carbons (Fsp3) is 0.231. The Labute approximate surface area is 119 Å². The Morgan fingerprint density at radius 1 is 1.50 bits per heavy atom. The predicted octanol–water partition coefficient (Wildman–Crippen LogP) is 2.88. The fourth-order valence-corrected chi connectivity index (χ4v) is 2.46. The van der Waals surface area contributed by atoms with E-state index in [4.69, 9.17) is 4.74 Å². The molecule has 2 heterocycles. The summed E-state index contributed by atoms with van der Waals surface area (Å²) in [5.41, 5.74) is 0.680. The highest BCUT2D eigenvalue weighted by molar-refractivity contribution is 7.16. The molecule has 0 aliphatic heterocycles. The third-order valence-corrected chi connectivity index (χ3v) is 3.68. The van der Waals surface area contributed by atoms with Crippen LogP contribution in [-0.4, -0.2) is 22.3 Å². The molecule has 104 valence electrons. The zero-order valence-electron chi connectivity index (χ0n) is 10.7. The first-order valence-electron chi connectivity index (χ1n) is 5.90. The Morgan fingerprint density at radius 3 is 2.90 bits per heavy atom. The Hall–Kier alpha value is -2.28. The van der Waals surface area contributed by atoms with E-state index in [-0.39, 0.29) is 23.1 Å². The number of rotatable bonds is 6. The predicted molar refractivity (Wildman–Crippen MR) is 74.4 cm³/mol.